The Morgan fingerprint density at radius 3 is 2.47 bits per heavy atom. The molecule has 0 N–H and O–H groups in total. The average Bonchev–Trinajstić information content (AvgIpc) is 2.38. The molecule has 0 spiro atoms. The summed E-state index contributed by atoms with van der Waals surface area (Å²) in [5.41, 5.74) is -0.709. The van der Waals surface area contributed by atoms with Crippen LogP contribution in [0.1, 0.15) is 58.3 Å². The number of unbranched alkanes of at least 4 members (excludes halogenated alkanes) is 2. The van der Waals surface area contributed by atoms with E-state index < -0.39 is 5.41 Å². The third-order valence-corrected chi connectivity index (χ3v) is 3.77. The van der Waals surface area contributed by atoms with Gasteiger partial charge in [-0.25, -0.2) is 0 Å². The molecule has 0 aromatic heterocycles. The van der Waals surface area contributed by atoms with Gasteiger partial charge < -0.3 is 4.90 Å². The number of rotatable bonds is 5. The molecular weight excluding hydrogens is 212 g/mol. The van der Waals surface area contributed by atoms with Gasteiger partial charge in [0.15, 0.2) is 0 Å². The number of hydrogen-bond donors (Lipinski definition) is 0. The van der Waals surface area contributed by atoms with Gasteiger partial charge in [0, 0.05) is 13.6 Å². The standard InChI is InChI=1S/C14H24N2O/c1-3-4-8-11-16(2)13(17)14(12-15)9-6-5-7-10-14/h3-11H2,1-2H3. The molecule has 0 heterocycles. The molecule has 96 valence electrons. The lowest BCUT2D eigenvalue weighted by atomic mass is 9.74. The molecule has 3 heteroatoms. The minimum Gasteiger partial charge on any atom is -0.344 e. The molecule has 0 bridgehead atoms. The molecule has 0 aliphatic heterocycles. The van der Waals surface area contributed by atoms with Crippen LogP contribution in [0.15, 0.2) is 0 Å². The fraction of sp³-hybridized carbons (Fsp3) is 0.857. The molecule has 0 radical (unpaired) electrons. The van der Waals surface area contributed by atoms with E-state index in [0.717, 1.165) is 57.9 Å². The normalized spacial score (nSPS) is 18.4. The highest BCUT2D eigenvalue weighted by atomic mass is 16.2. The summed E-state index contributed by atoms with van der Waals surface area (Å²) in [6.45, 7) is 2.94. The molecule has 1 saturated carbocycles. The maximum absolute atomic E-state index is 12.3. The Hall–Kier alpha value is -1.04. The van der Waals surface area contributed by atoms with E-state index in [2.05, 4.69) is 13.0 Å². The molecule has 17 heavy (non-hydrogen) atoms. The van der Waals surface area contributed by atoms with E-state index in [0.29, 0.717) is 0 Å². The van der Waals surface area contributed by atoms with Crippen molar-refractivity contribution in [3.63, 3.8) is 0 Å². The van der Waals surface area contributed by atoms with Gasteiger partial charge in [-0.05, 0) is 19.3 Å². The fourth-order valence-corrected chi connectivity index (χ4v) is 2.59. The summed E-state index contributed by atoms with van der Waals surface area (Å²) < 4.78 is 0. The quantitative estimate of drug-likeness (QED) is 0.688. The zero-order valence-corrected chi connectivity index (χ0v) is 11.2. The third kappa shape index (κ3) is 3.46. The highest BCUT2D eigenvalue weighted by Gasteiger charge is 2.41. The lowest BCUT2D eigenvalue weighted by molar-refractivity contribution is -0.139. The van der Waals surface area contributed by atoms with Gasteiger partial charge >= 0.3 is 0 Å². The largest absolute Gasteiger partial charge is 0.344 e. The number of nitrogens with zero attached hydrogens (tertiary/aromatic N) is 2. The molecule has 0 unspecified atom stereocenters. The van der Waals surface area contributed by atoms with Crippen molar-refractivity contribution >= 4 is 5.91 Å². The highest BCUT2D eigenvalue weighted by molar-refractivity contribution is 5.85. The van der Waals surface area contributed by atoms with Crippen molar-refractivity contribution in [2.45, 2.75) is 58.3 Å². The molecule has 1 fully saturated rings. The van der Waals surface area contributed by atoms with Crippen LogP contribution in [0.2, 0.25) is 0 Å². The Labute approximate surface area is 105 Å². The SMILES string of the molecule is CCCCCN(C)C(=O)C1(C#N)CCCCC1. The van der Waals surface area contributed by atoms with Crippen LogP contribution in [0, 0.1) is 16.7 Å². The van der Waals surface area contributed by atoms with Gasteiger partial charge in [0.25, 0.3) is 0 Å². The predicted molar refractivity (Wildman–Crippen MR) is 68.3 cm³/mol. The molecule has 0 aromatic rings. The van der Waals surface area contributed by atoms with Crippen molar-refractivity contribution < 1.29 is 4.79 Å². The first-order chi connectivity index (χ1) is 8.16. The van der Waals surface area contributed by atoms with Crippen LogP contribution in [0.25, 0.3) is 0 Å². The van der Waals surface area contributed by atoms with Crippen molar-refractivity contribution in [2.24, 2.45) is 5.41 Å². The van der Waals surface area contributed by atoms with Crippen molar-refractivity contribution in [3.8, 4) is 6.07 Å². The zero-order chi connectivity index (χ0) is 12.7. The minimum absolute atomic E-state index is 0.0517. The summed E-state index contributed by atoms with van der Waals surface area (Å²) in [6.07, 6.45) is 8.05. The van der Waals surface area contributed by atoms with Crippen molar-refractivity contribution in [1.29, 1.82) is 5.26 Å². The lowest BCUT2D eigenvalue weighted by Gasteiger charge is -2.33. The van der Waals surface area contributed by atoms with E-state index >= 15 is 0 Å². The van der Waals surface area contributed by atoms with Gasteiger partial charge in [-0.15, -0.1) is 0 Å². The predicted octanol–water partition coefficient (Wildman–Crippen LogP) is 3.11. The molecular formula is C14H24N2O. The van der Waals surface area contributed by atoms with Gasteiger partial charge in [-0.1, -0.05) is 39.0 Å². The first kappa shape index (κ1) is 14.0. The van der Waals surface area contributed by atoms with E-state index in [1.807, 2.05) is 7.05 Å². The van der Waals surface area contributed by atoms with Gasteiger partial charge in [-0.3, -0.25) is 4.79 Å². The van der Waals surface area contributed by atoms with Crippen LogP contribution in [0.4, 0.5) is 0 Å². The Balaban J connectivity index is 2.56. The number of carbonyl (C=O) groups is 1. The Bertz CT molecular complexity index is 287. The molecule has 3 nitrogen and oxygen atoms in total. The van der Waals surface area contributed by atoms with Crippen molar-refractivity contribution in [3.05, 3.63) is 0 Å². The first-order valence-corrected chi connectivity index (χ1v) is 6.83. The van der Waals surface area contributed by atoms with E-state index in [4.69, 9.17) is 0 Å². The molecule has 0 aromatic carbocycles. The molecule has 1 rings (SSSR count). The van der Waals surface area contributed by atoms with E-state index in [9.17, 15) is 10.1 Å². The van der Waals surface area contributed by atoms with E-state index in [1.165, 1.54) is 0 Å². The number of carbonyl (C=O) groups excluding carboxylic acids is 1. The number of amides is 1. The second kappa shape index (κ2) is 6.64. The second-order valence-corrected chi connectivity index (χ2v) is 5.19. The summed E-state index contributed by atoms with van der Waals surface area (Å²) in [5, 5.41) is 9.33. The van der Waals surface area contributed by atoms with Crippen LogP contribution in [-0.4, -0.2) is 24.4 Å². The topological polar surface area (TPSA) is 44.1 Å². The summed E-state index contributed by atoms with van der Waals surface area (Å²) in [4.78, 5) is 14.1. The second-order valence-electron chi connectivity index (χ2n) is 5.19. The highest BCUT2D eigenvalue weighted by Crippen LogP contribution is 2.37. The molecule has 1 aliphatic rings. The van der Waals surface area contributed by atoms with Crippen LogP contribution in [0.3, 0.4) is 0 Å². The van der Waals surface area contributed by atoms with Crippen LogP contribution in [0.5, 0.6) is 0 Å². The van der Waals surface area contributed by atoms with Gasteiger partial charge in [-0.2, -0.15) is 5.26 Å². The molecule has 1 amide bonds. The maximum atomic E-state index is 12.3. The monoisotopic (exact) mass is 236 g/mol. The van der Waals surface area contributed by atoms with Crippen molar-refractivity contribution in [2.75, 3.05) is 13.6 Å². The molecule has 0 atom stereocenters. The fourth-order valence-electron chi connectivity index (χ4n) is 2.59. The Morgan fingerprint density at radius 1 is 1.29 bits per heavy atom. The summed E-state index contributed by atoms with van der Waals surface area (Å²) in [6, 6.07) is 2.30. The number of hydrogen-bond acceptors (Lipinski definition) is 2. The van der Waals surface area contributed by atoms with Crippen molar-refractivity contribution in [1.82, 2.24) is 4.90 Å². The van der Waals surface area contributed by atoms with E-state index in [-0.39, 0.29) is 5.91 Å². The van der Waals surface area contributed by atoms with Crippen LogP contribution >= 0.6 is 0 Å². The van der Waals surface area contributed by atoms with Gasteiger partial charge in [0.2, 0.25) is 5.91 Å². The third-order valence-electron chi connectivity index (χ3n) is 3.77. The minimum atomic E-state index is -0.709. The maximum Gasteiger partial charge on any atom is 0.242 e. The van der Waals surface area contributed by atoms with E-state index in [1.54, 1.807) is 4.90 Å². The lowest BCUT2D eigenvalue weighted by Crippen LogP contribution is -2.42. The summed E-state index contributed by atoms with van der Waals surface area (Å²) >= 11 is 0. The van der Waals surface area contributed by atoms with Crippen LogP contribution in [-0.2, 0) is 4.79 Å². The average molecular weight is 236 g/mol. The zero-order valence-electron chi connectivity index (χ0n) is 11.2. The Morgan fingerprint density at radius 2 is 1.94 bits per heavy atom. The Kier molecular flexibility index (Phi) is 5.47. The van der Waals surface area contributed by atoms with Crippen LogP contribution < -0.4 is 0 Å². The number of nitriles is 1. The first-order valence-electron chi connectivity index (χ1n) is 6.83. The smallest absolute Gasteiger partial charge is 0.242 e. The molecule has 0 saturated heterocycles. The van der Waals surface area contributed by atoms with Gasteiger partial charge in [0.1, 0.15) is 5.41 Å². The molecule has 1 aliphatic carbocycles. The van der Waals surface area contributed by atoms with Gasteiger partial charge in [0.05, 0.1) is 6.07 Å². The summed E-state index contributed by atoms with van der Waals surface area (Å²) in [5.74, 6) is 0.0517. The summed E-state index contributed by atoms with van der Waals surface area (Å²) in [7, 11) is 1.84.